The first-order valence-corrected chi connectivity index (χ1v) is 9.20. The van der Waals surface area contributed by atoms with Crippen LogP contribution in [-0.2, 0) is 6.54 Å². The van der Waals surface area contributed by atoms with E-state index in [2.05, 4.69) is 82.5 Å². The van der Waals surface area contributed by atoms with Gasteiger partial charge in [-0.2, -0.15) is 0 Å². The lowest BCUT2D eigenvalue weighted by Crippen LogP contribution is -2.38. The van der Waals surface area contributed by atoms with Gasteiger partial charge in [0.05, 0.1) is 0 Å². The fourth-order valence-electron chi connectivity index (χ4n) is 3.15. The number of nitrogens with zero attached hydrogens (tertiary/aromatic N) is 1. The van der Waals surface area contributed by atoms with Gasteiger partial charge in [0.25, 0.3) is 0 Å². The summed E-state index contributed by atoms with van der Waals surface area (Å²) >= 11 is 3.50. The molecule has 3 rings (SSSR count). The normalized spacial score (nSPS) is 16.5. The summed E-state index contributed by atoms with van der Waals surface area (Å²) in [6, 6.07) is 16.0. The van der Waals surface area contributed by atoms with E-state index in [0.29, 0.717) is 6.04 Å². The quantitative estimate of drug-likeness (QED) is 0.798. The average molecular weight is 373 g/mol. The molecule has 0 aliphatic carbocycles. The van der Waals surface area contributed by atoms with Crippen LogP contribution in [0, 0.1) is 13.8 Å². The second kappa shape index (κ2) is 7.50. The van der Waals surface area contributed by atoms with Crippen LogP contribution in [-0.4, -0.2) is 24.0 Å². The molecule has 0 saturated carbocycles. The molecule has 1 heterocycles. The fourth-order valence-corrected chi connectivity index (χ4v) is 3.41. The molecule has 1 N–H and O–H groups in total. The molecule has 2 aromatic rings. The number of piperidine rings is 1. The van der Waals surface area contributed by atoms with Crippen molar-refractivity contribution in [2.24, 2.45) is 0 Å². The standard InChI is InChI=1S/C20H25BrN2/c1-15-3-8-20(13-16(15)2)22-19-9-11-23(12-10-19)14-17-4-6-18(21)7-5-17/h3-8,13,19,22H,9-12,14H2,1-2H3. The summed E-state index contributed by atoms with van der Waals surface area (Å²) in [7, 11) is 0. The van der Waals surface area contributed by atoms with Crippen molar-refractivity contribution >= 4 is 21.6 Å². The molecule has 23 heavy (non-hydrogen) atoms. The largest absolute Gasteiger partial charge is 0.382 e. The summed E-state index contributed by atoms with van der Waals surface area (Å²) in [5, 5.41) is 3.71. The van der Waals surface area contributed by atoms with Gasteiger partial charge in [0, 0.05) is 35.8 Å². The van der Waals surface area contributed by atoms with Crippen LogP contribution in [0.1, 0.15) is 29.5 Å². The number of aryl methyl sites for hydroxylation is 2. The summed E-state index contributed by atoms with van der Waals surface area (Å²) in [6.07, 6.45) is 2.42. The Bertz CT molecular complexity index is 643. The molecule has 1 aliphatic heterocycles. The maximum absolute atomic E-state index is 3.71. The van der Waals surface area contributed by atoms with E-state index in [1.807, 2.05) is 0 Å². The molecular formula is C20H25BrN2. The van der Waals surface area contributed by atoms with Crippen molar-refractivity contribution in [3.8, 4) is 0 Å². The minimum Gasteiger partial charge on any atom is -0.382 e. The SMILES string of the molecule is Cc1ccc(NC2CCN(Cc3ccc(Br)cc3)CC2)cc1C. The molecule has 0 aromatic heterocycles. The maximum Gasteiger partial charge on any atom is 0.0345 e. The average Bonchev–Trinajstić information content (AvgIpc) is 2.55. The Balaban J connectivity index is 1.50. The van der Waals surface area contributed by atoms with Gasteiger partial charge in [-0.1, -0.05) is 34.1 Å². The van der Waals surface area contributed by atoms with Gasteiger partial charge in [0.15, 0.2) is 0 Å². The molecule has 0 radical (unpaired) electrons. The molecule has 1 saturated heterocycles. The van der Waals surface area contributed by atoms with Crippen LogP contribution in [0.3, 0.4) is 0 Å². The number of nitrogens with one attached hydrogen (secondary N) is 1. The van der Waals surface area contributed by atoms with Crippen molar-refractivity contribution in [3.63, 3.8) is 0 Å². The monoisotopic (exact) mass is 372 g/mol. The predicted molar refractivity (Wildman–Crippen MR) is 102 cm³/mol. The van der Waals surface area contributed by atoms with Crippen LogP contribution >= 0.6 is 15.9 Å². The topological polar surface area (TPSA) is 15.3 Å². The van der Waals surface area contributed by atoms with E-state index in [1.165, 1.54) is 48.3 Å². The van der Waals surface area contributed by atoms with Gasteiger partial charge in [-0.05, 0) is 67.6 Å². The van der Waals surface area contributed by atoms with E-state index in [4.69, 9.17) is 0 Å². The molecular weight excluding hydrogens is 348 g/mol. The maximum atomic E-state index is 3.71. The third-order valence-corrected chi connectivity index (χ3v) is 5.31. The van der Waals surface area contributed by atoms with Gasteiger partial charge in [0.2, 0.25) is 0 Å². The molecule has 0 amide bonds. The van der Waals surface area contributed by atoms with Crippen molar-refractivity contribution in [3.05, 3.63) is 63.6 Å². The van der Waals surface area contributed by atoms with Gasteiger partial charge < -0.3 is 5.32 Å². The number of hydrogen-bond donors (Lipinski definition) is 1. The summed E-state index contributed by atoms with van der Waals surface area (Å²) in [6.45, 7) is 7.74. The third kappa shape index (κ3) is 4.58. The lowest BCUT2D eigenvalue weighted by molar-refractivity contribution is 0.211. The Hall–Kier alpha value is -1.32. The summed E-state index contributed by atoms with van der Waals surface area (Å²) < 4.78 is 1.15. The number of likely N-dealkylation sites (tertiary alicyclic amines) is 1. The Labute approximate surface area is 148 Å². The lowest BCUT2D eigenvalue weighted by Gasteiger charge is -2.33. The van der Waals surface area contributed by atoms with Crippen molar-refractivity contribution in [1.82, 2.24) is 4.90 Å². The Morgan fingerprint density at radius 3 is 2.35 bits per heavy atom. The minimum atomic E-state index is 0.596. The van der Waals surface area contributed by atoms with Crippen LogP contribution < -0.4 is 5.32 Å². The van der Waals surface area contributed by atoms with E-state index < -0.39 is 0 Å². The zero-order valence-corrected chi connectivity index (χ0v) is 15.6. The van der Waals surface area contributed by atoms with Crippen molar-refractivity contribution in [1.29, 1.82) is 0 Å². The summed E-state index contributed by atoms with van der Waals surface area (Å²) in [5.74, 6) is 0. The van der Waals surface area contributed by atoms with Crippen LogP contribution in [0.25, 0.3) is 0 Å². The highest BCUT2D eigenvalue weighted by molar-refractivity contribution is 9.10. The molecule has 0 bridgehead atoms. The molecule has 0 unspecified atom stereocenters. The smallest absolute Gasteiger partial charge is 0.0345 e. The van der Waals surface area contributed by atoms with E-state index in [-0.39, 0.29) is 0 Å². The Morgan fingerprint density at radius 1 is 1.00 bits per heavy atom. The summed E-state index contributed by atoms with van der Waals surface area (Å²) in [4.78, 5) is 2.56. The molecule has 0 atom stereocenters. The van der Waals surface area contributed by atoms with E-state index in [9.17, 15) is 0 Å². The van der Waals surface area contributed by atoms with Crippen molar-refractivity contribution in [2.75, 3.05) is 18.4 Å². The van der Waals surface area contributed by atoms with Gasteiger partial charge in [0.1, 0.15) is 0 Å². The van der Waals surface area contributed by atoms with Gasteiger partial charge in [-0.25, -0.2) is 0 Å². The second-order valence-electron chi connectivity index (χ2n) is 6.62. The first-order chi connectivity index (χ1) is 11.1. The van der Waals surface area contributed by atoms with E-state index in [1.54, 1.807) is 0 Å². The van der Waals surface area contributed by atoms with Gasteiger partial charge in [-0.3, -0.25) is 4.90 Å². The van der Waals surface area contributed by atoms with Crippen LogP contribution in [0.4, 0.5) is 5.69 Å². The highest BCUT2D eigenvalue weighted by Gasteiger charge is 2.19. The van der Waals surface area contributed by atoms with Crippen molar-refractivity contribution in [2.45, 2.75) is 39.3 Å². The molecule has 0 spiro atoms. The predicted octanol–water partition coefficient (Wildman–Crippen LogP) is 5.14. The number of hydrogen-bond acceptors (Lipinski definition) is 2. The first kappa shape index (κ1) is 16.5. The van der Waals surface area contributed by atoms with Crippen LogP contribution in [0.5, 0.6) is 0 Å². The zero-order chi connectivity index (χ0) is 16.2. The number of anilines is 1. The fraction of sp³-hybridized carbons (Fsp3) is 0.400. The lowest BCUT2D eigenvalue weighted by atomic mass is 10.0. The molecule has 2 nitrogen and oxygen atoms in total. The molecule has 2 aromatic carbocycles. The van der Waals surface area contributed by atoms with Crippen LogP contribution in [0.15, 0.2) is 46.9 Å². The Kier molecular flexibility index (Phi) is 5.39. The Morgan fingerprint density at radius 2 is 1.70 bits per heavy atom. The number of halogens is 1. The van der Waals surface area contributed by atoms with E-state index in [0.717, 1.165) is 11.0 Å². The second-order valence-corrected chi connectivity index (χ2v) is 7.54. The van der Waals surface area contributed by atoms with E-state index >= 15 is 0 Å². The molecule has 122 valence electrons. The minimum absolute atomic E-state index is 0.596. The summed E-state index contributed by atoms with van der Waals surface area (Å²) in [5.41, 5.74) is 5.38. The number of benzene rings is 2. The highest BCUT2D eigenvalue weighted by Crippen LogP contribution is 2.20. The molecule has 1 aliphatic rings. The van der Waals surface area contributed by atoms with Gasteiger partial charge >= 0.3 is 0 Å². The molecule has 3 heteroatoms. The highest BCUT2D eigenvalue weighted by atomic mass is 79.9. The molecule has 1 fully saturated rings. The first-order valence-electron chi connectivity index (χ1n) is 8.41. The van der Waals surface area contributed by atoms with Crippen molar-refractivity contribution < 1.29 is 0 Å². The van der Waals surface area contributed by atoms with Crippen LogP contribution in [0.2, 0.25) is 0 Å². The van der Waals surface area contributed by atoms with Gasteiger partial charge in [-0.15, -0.1) is 0 Å². The zero-order valence-electron chi connectivity index (χ0n) is 14.0. The number of rotatable bonds is 4. The third-order valence-electron chi connectivity index (χ3n) is 4.78.